The van der Waals surface area contributed by atoms with Gasteiger partial charge in [-0.05, 0) is 64.6 Å². The van der Waals surface area contributed by atoms with Gasteiger partial charge < -0.3 is 19.9 Å². The number of carbonyl (C=O) groups is 2. The molecular weight excluding hydrogens is 546 g/mol. The standard InChI is InChI=1S/C38H47N3O3/c1-26-22-31(38(3,4)5)16-17-35(26)44-21-19-29-12-14-30(15-13-29)33-23-32-24-41(27(2)42)25-34(39-32)36(33)37(43)40(6)20-18-28-10-8-7-9-11-28/h7-17,22,32,34,39H,18-21,23-25H2,1-6H3. The number of aryl methyl sites for hydroxylation is 1. The first-order valence-electron chi connectivity index (χ1n) is 15.9. The van der Waals surface area contributed by atoms with Crippen LogP contribution in [0.25, 0.3) is 5.57 Å². The Kier molecular flexibility index (Phi) is 9.59. The van der Waals surface area contributed by atoms with Crippen molar-refractivity contribution in [2.75, 3.05) is 33.3 Å². The number of nitrogens with zero attached hydrogens (tertiary/aromatic N) is 2. The predicted octanol–water partition coefficient (Wildman–Crippen LogP) is 5.96. The quantitative estimate of drug-likeness (QED) is 0.333. The highest BCUT2D eigenvalue weighted by atomic mass is 16.5. The van der Waals surface area contributed by atoms with Crippen LogP contribution in [0.5, 0.6) is 5.75 Å². The summed E-state index contributed by atoms with van der Waals surface area (Å²) in [6.45, 7) is 12.8. The van der Waals surface area contributed by atoms with Gasteiger partial charge in [0.15, 0.2) is 0 Å². The number of ether oxygens (including phenoxy) is 1. The average Bonchev–Trinajstić information content (AvgIpc) is 3.00. The van der Waals surface area contributed by atoms with Crippen molar-refractivity contribution in [3.63, 3.8) is 0 Å². The molecular formula is C38H47N3O3. The molecule has 3 aromatic rings. The summed E-state index contributed by atoms with van der Waals surface area (Å²) in [6.07, 6.45) is 2.30. The van der Waals surface area contributed by atoms with Crippen molar-refractivity contribution >= 4 is 17.4 Å². The molecule has 6 heteroatoms. The summed E-state index contributed by atoms with van der Waals surface area (Å²) in [6, 6.07) is 25.3. The molecule has 0 spiro atoms. The lowest BCUT2D eigenvalue weighted by Gasteiger charge is -2.44. The van der Waals surface area contributed by atoms with E-state index in [1.165, 1.54) is 16.7 Å². The molecule has 1 fully saturated rings. The monoisotopic (exact) mass is 593 g/mol. The lowest BCUT2D eigenvalue weighted by molar-refractivity contribution is -0.132. The van der Waals surface area contributed by atoms with Crippen LogP contribution in [0.3, 0.4) is 0 Å². The summed E-state index contributed by atoms with van der Waals surface area (Å²) in [4.78, 5) is 30.1. The molecule has 3 aromatic carbocycles. The third kappa shape index (κ3) is 7.41. The molecule has 0 aliphatic carbocycles. The fourth-order valence-corrected chi connectivity index (χ4v) is 6.30. The van der Waals surface area contributed by atoms with Crippen molar-refractivity contribution in [2.24, 2.45) is 0 Å². The Morgan fingerprint density at radius 3 is 2.32 bits per heavy atom. The first-order chi connectivity index (χ1) is 21.0. The highest BCUT2D eigenvalue weighted by Gasteiger charge is 2.39. The Balaban J connectivity index is 1.31. The summed E-state index contributed by atoms with van der Waals surface area (Å²) < 4.78 is 6.16. The minimum absolute atomic E-state index is 0.0302. The van der Waals surface area contributed by atoms with Gasteiger partial charge in [-0.25, -0.2) is 0 Å². The predicted molar refractivity (Wildman–Crippen MR) is 178 cm³/mol. The fourth-order valence-electron chi connectivity index (χ4n) is 6.30. The molecule has 0 saturated carbocycles. The van der Waals surface area contributed by atoms with Crippen LogP contribution in [-0.2, 0) is 27.8 Å². The second kappa shape index (κ2) is 13.4. The molecule has 2 heterocycles. The van der Waals surface area contributed by atoms with Crippen LogP contribution < -0.4 is 10.1 Å². The number of carbonyl (C=O) groups excluding carboxylic acids is 2. The maximum Gasteiger partial charge on any atom is 0.251 e. The molecule has 2 aliphatic rings. The molecule has 2 bridgehead atoms. The lowest BCUT2D eigenvalue weighted by atomic mass is 9.82. The second-order valence-corrected chi connectivity index (χ2v) is 13.4. The van der Waals surface area contributed by atoms with Crippen molar-refractivity contribution in [2.45, 2.75) is 71.4 Å². The number of hydrogen-bond donors (Lipinski definition) is 1. The number of likely N-dealkylation sites (N-methyl/N-ethyl adjacent to an activating group) is 1. The first kappa shape index (κ1) is 31.5. The van der Waals surface area contributed by atoms with Gasteiger partial charge in [0.1, 0.15) is 5.75 Å². The van der Waals surface area contributed by atoms with Gasteiger partial charge in [-0.1, -0.05) is 87.5 Å². The van der Waals surface area contributed by atoms with Crippen LogP contribution in [0, 0.1) is 6.92 Å². The number of amides is 2. The molecule has 6 nitrogen and oxygen atoms in total. The highest BCUT2D eigenvalue weighted by molar-refractivity contribution is 6.03. The smallest absolute Gasteiger partial charge is 0.251 e. The van der Waals surface area contributed by atoms with Crippen molar-refractivity contribution in [1.82, 2.24) is 15.1 Å². The van der Waals surface area contributed by atoms with Crippen LogP contribution in [0.1, 0.15) is 61.9 Å². The summed E-state index contributed by atoms with van der Waals surface area (Å²) in [7, 11) is 1.88. The van der Waals surface area contributed by atoms with Gasteiger partial charge in [-0.3, -0.25) is 9.59 Å². The molecule has 2 atom stereocenters. The largest absolute Gasteiger partial charge is 0.493 e. The van der Waals surface area contributed by atoms with E-state index in [0.29, 0.717) is 32.7 Å². The zero-order valence-corrected chi connectivity index (χ0v) is 27.2. The van der Waals surface area contributed by atoms with Gasteiger partial charge >= 0.3 is 0 Å². The molecule has 0 aromatic heterocycles. The Morgan fingerprint density at radius 2 is 1.66 bits per heavy atom. The van der Waals surface area contributed by atoms with E-state index < -0.39 is 0 Å². The number of fused-ring (bicyclic) bond motifs is 2. The van der Waals surface area contributed by atoms with Gasteiger partial charge in [-0.2, -0.15) is 0 Å². The SMILES string of the molecule is CC(=O)N1CC2CC(c3ccc(CCOc4ccc(C(C)(C)C)cc4C)cc3)=C(C(=O)N(C)CCc3ccccc3)C(C1)N2. The number of rotatable bonds is 9. The van der Waals surface area contributed by atoms with Gasteiger partial charge in [0, 0.05) is 51.6 Å². The number of nitrogens with one attached hydrogen (secondary N) is 1. The normalized spacial score (nSPS) is 18.3. The molecule has 5 rings (SSSR count). The zero-order valence-electron chi connectivity index (χ0n) is 27.2. The van der Waals surface area contributed by atoms with E-state index in [2.05, 4.69) is 87.6 Å². The Morgan fingerprint density at radius 1 is 0.955 bits per heavy atom. The Bertz CT molecular complexity index is 1500. The highest BCUT2D eigenvalue weighted by Crippen LogP contribution is 2.34. The third-order valence-electron chi connectivity index (χ3n) is 9.00. The van der Waals surface area contributed by atoms with E-state index in [-0.39, 0.29) is 29.3 Å². The van der Waals surface area contributed by atoms with Crippen molar-refractivity contribution < 1.29 is 14.3 Å². The van der Waals surface area contributed by atoms with Crippen LogP contribution in [0.15, 0.2) is 78.4 Å². The summed E-state index contributed by atoms with van der Waals surface area (Å²) in [5, 5.41) is 3.65. The number of hydrogen-bond acceptors (Lipinski definition) is 4. The first-order valence-corrected chi connectivity index (χ1v) is 15.9. The van der Waals surface area contributed by atoms with Crippen molar-refractivity contribution in [1.29, 1.82) is 0 Å². The van der Waals surface area contributed by atoms with Crippen LogP contribution in [0.2, 0.25) is 0 Å². The van der Waals surface area contributed by atoms with E-state index in [1.807, 2.05) is 35.0 Å². The zero-order chi connectivity index (χ0) is 31.4. The summed E-state index contributed by atoms with van der Waals surface area (Å²) in [5.74, 6) is 1.02. The van der Waals surface area contributed by atoms with E-state index in [9.17, 15) is 9.59 Å². The molecule has 232 valence electrons. The van der Waals surface area contributed by atoms with E-state index in [0.717, 1.165) is 40.9 Å². The molecule has 2 amide bonds. The third-order valence-corrected chi connectivity index (χ3v) is 9.00. The minimum Gasteiger partial charge on any atom is -0.493 e. The molecule has 0 radical (unpaired) electrons. The molecule has 1 saturated heterocycles. The van der Waals surface area contributed by atoms with Crippen LogP contribution in [0.4, 0.5) is 0 Å². The Labute approximate surface area is 263 Å². The van der Waals surface area contributed by atoms with Crippen molar-refractivity contribution in [3.8, 4) is 5.75 Å². The molecule has 1 N–H and O–H groups in total. The average molecular weight is 594 g/mol. The minimum atomic E-state index is -0.186. The summed E-state index contributed by atoms with van der Waals surface area (Å²) in [5.41, 5.74) is 7.94. The molecule has 44 heavy (non-hydrogen) atoms. The lowest BCUT2D eigenvalue weighted by Crippen LogP contribution is -2.61. The van der Waals surface area contributed by atoms with Crippen molar-refractivity contribution in [3.05, 3.63) is 106 Å². The van der Waals surface area contributed by atoms with Gasteiger partial charge in [0.05, 0.1) is 12.6 Å². The maximum absolute atomic E-state index is 14.0. The van der Waals surface area contributed by atoms with Gasteiger partial charge in [-0.15, -0.1) is 0 Å². The van der Waals surface area contributed by atoms with E-state index in [4.69, 9.17) is 4.74 Å². The number of piperazine rings is 1. The van der Waals surface area contributed by atoms with Crippen LogP contribution >= 0.6 is 0 Å². The van der Waals surface area contributed by atoms with Crippen LogP contribution in [-0.4, -0.2) is 67.0 Å². The van der Waals surface area contributed by atoms with Gasteiger partial charge in [0.2, 0.25) is 5.91 Å². The Hall–Kier alpha value is -3.90. The van der Waals surface area contributed by atoms with E-state index >= 15 is 0 Å². The molecule has 2 aliphatic heterocycles. The van der Waals surface area contributed by atoms with Gasteiger partial charge in [0.25, 0.3) is 5.91 Å². The fraction of sp³-hybridized carbons (Fsp3) is 0.421. The second-order valence-electron chi connectivity index (χ2n) is 13.4. The molecule has 2 unspecified atom stereocenters. The number of benzene rings is 3. The summed E-state index contributed by atoms with van der Waals surface area (Å²) >= 11 is 0. The maximum atomic E-state index is 14.0. The topological polar surface area (TPSA) is 61.9 Å². The van der Waals surface area contributed by atoms with E-state index in [1.54, 1.807) is 6.92 Å².